The highest BCUT2D eigenvalue weighted by Crippen LogP contribution is 2.29. The predicted molar refractivity (Wildman–Crippen MR) is 139 cm³/mol. The van der Waals surface area contributed by atoms with E-state index in [1.54, 1.807) is 41.7 Å². The fraction of sp³-hybridized carbons (Fsp3) is 0.179. The monoisotopic (exact) mass is 492 g/mol. The maximum absolute atomic E-state index is 13.6. The lowest BCUT2D eigenvalue weighted by molar-refractivity contribution is 0.102. The SMILES string of the molecule is CC(C)(C)c1nc2cc(NC(=O)c3cc(-c4cccnc4)nc4c3cnn4Cc3ccco3)ccc2o1. The van der Waals surface area contributed by atoms with E-state index < -0.39 is 0 Å². The second-order valence-electron chi connectivity index (χ2n) is 9.82. The minimum Gasteiger partial charge on any atom is -0.467 e. The third kappa shape index (κ3) is 4.35. The minimum absolute atomic E-state index is 0.219. The smallest absolute Gasteiger partial charge is 0.256 e. The topological polar surface area (TPSA) is 112 Å². The molecule has 184 valence electrons. The molecule has 0 aliphatic heterocycles. The van der Waals surface area contributed by atoms with Crippen molar-refractivity contribution in [2.24, 2.45) is 0 Å². The van der Waals surface area contributed by atoms with Gasteiger partial charge in [-0.1, -0.05) is 20.8 Å². The Morgan fingerprint density at radius 2 is 1.95 bits per heavy atom. The summed E-state index contributed by atoms with van der Waals surface area (Å²) in [6.45, 7) is 6.52. The molecular formula is C28H24N6O3. The summed E-state index contributed by atoms with van der Waals surface area (Å²) >= 11 is 0. The molecule has 5 heterocycles. The number of carbonyl (C=O) groups is 1. The predicted octanol–water partition coefficient (Wildman–Crippen LogP) is 5.83. The van der Waals surface area contributed by atoms with Crippen molar-refractivity contribution in [3.05, 3.63) is 90.6 Å². The van der Waals surface area contributed by atoms with Crippen LogP contribution in [0.25, 0.3) is 33.4 Å². The highest BCUT2D eigenvalue weighted by atomic mass is 16.3. The van der Waals surface area contributed by atoms with Gasteiger partial charge in [0.05, 0.1) is 29.1 Å². The zero-order valence-corrected chi connectivity index (χ0v) is 20.6. The molecule has 0 atom stereocenters. The molecular weight excluding hydrogens is 468 g/mol. The third-order valence-electron chi connectivity index (χ3n) is 5.98. The number of oxazole rings is 1. The normalized spacial score (nSPS) is 11.9. The molecule has 6 rings (SSSR count). The van der Waals surface area contributed by atoms with E-state index in [0.717, 1.165) is 11.3 Å². The molecule has 0 spiro atoms. The number of hydrogen-bond donors (Lipinski definition) is 1. The summed E-state index contributed by atoms with van der Waals surface area (Å²) in [5, 5.41) is 8.14. The van der Waals surface area contributed by atoms with E-state index in [1.807, 2.05) is 57.2 Å². The number of carbonyl (C=O) groups excluding carboxylic acids is 1. The van der Waals surface area contributed by atoms with Crippen molar-refractivity contribution < 1.29 is 13.6 Å². The Balaban J connectivity index is 1.40. The number of anilines is 1. The molecule has 0 radical (unpaired) electrons. The Labute approximate surface area is 212 Å². The van der Waals surface area contributed by atoms with Gasteiger partial charge in [0.15, 0.2) is 11.2 Å². The first kappa shape index (κ1) is 22.7. The van der Waals surface area contributed by atoms with E-state index in [1.165, 1.54) is 0 Å². The average molecular weight is 493 g/mol. The molecule has 9 heteroatoms. The van der Waals surface area contributed by atoms with E-state index >= 15 is 0 Å². The van der Waals surface area contributed by atoms with E-state index in [0.29, 0.717) is 51.5 Å². The maximum Gasteiger partial charge on any atom is 0.256 e. The lowest BCUT2D eigenvalue weighted by Gasteiger charge is -2.11. The number of furan rings is 1. The van der Waals surface area contributed by atoms with Crippen LogP contribution in [-0.4, -0.2) is 30.6 Å². The lowest BCUT2D eigenvalue weighted by atomic mass is 9.97. The van der Waals surface area contributed by atoms with Gasteiger partial charge in [0.1, 0.15) is 17.8 Å². The van der Waals surface area contributed by atoms with Crippen LogP contribution >= 0.6 is 0 Å². The Hall–Kier alpha value is -4.79. The van der Waals surface area contributed by atoms with Gasteiger partial charge in [0, 0.05) is 29.1 Å². The first-order chi connectivity index (χ1) is 17.8. The van der Waals surface area contributed by atoms with Crippen LogP contribution in [0.1, 0.15) is 42.8 Å². The van der Waals surface area contributed by atoms with Gasteiger partial charge in [-0.2, -0.15) is 5.10 Å². The Morgan fingerprint density at radius 1 is 1.05 bits per heavy atom. The van der Waals surface area contributed by atoms with Gasteiger partial charge in [-0.15, -0.1) is 0 Å². The van der Waals surface area contributed by atoms with Crippen LogP contribution in [0.3, 0.4) is 0 Å². The number of aromatic nitrogens is 5. The van der Waals surface area contributed by atoms with Crippen LogP contribution in [0.15, 0.2) is 82.2 Å². The second-order valence-corrected chi connectivity index (χ2v) is 9.82. The van der Waals surface area contributed by atoms with Crippen molar-refractivity contribution in [1.29, 1.82) is 0 Å². The van der Waals surface area contributed by atoms with E-state index in [2.05, 4.69) is 20.4 Å². The molecule has 1 amide bonds. The molecule has 1 aromatic carbocycles. The molecule has 0 unspecified atom stereocenters. The number of nitrogens with zero attached hydrogens (tertiary/aromatic N) is 5. The van der Waals surface area contributed by atoms with E-state index in [-0.39, 0.29) is 11.3 Å². The first-order valence-corrected chi connectivity index (χ1v) is 11.9. The Bertz CT molecular complexity index is 1730. The molecule has 37 heavy (non-hydrogen) atoms. The zero-order valence-electron chi connectivity index (χ0n) is 20.6. The summed E-state index contributed by atoms with van der Waals surface area (Å²) < 4.78 is 13.1. The van der Waals surface area contributed by atoms with Crippen LogP contribution in [0, 0.1) is 0 Å². The lowest BCUT2D eigenvalue weighted by Crippen LogP contribution is -2.13. The minimum atomic E-state index is -0.283. The molecule has 0 aliphatic carbocycles. The number of rotatable bonds is 5. The van der Waals surface area contributed by atoms with Gasteiger partial charge in [0.25, 0.3) is 5.91 Å². The number of pyridine rings is 2. The van der Waals surface area contributed by atoms with Crippen molar-refractivity contribution >= 4 is 33.7 Å². The molecule has 6 aromatic rings. The summed E-state index contributed by atoms with van der Waals surface area (Å²) in [6, 6.07) is 14.6. The van der Waals surface area contributed by atoms with Crippen molar-refractivity contribution in [3.63, 3.8) is 0 Å². The second kappa shape index (κ2) is 8.70. The number of amides is 1. The highest BCUT2D eigenvalue weighted by molar-refractivity contribution is 6.13. The van der Waals surface area contributed by atoms with Crippen molar-refractivity contribution in [3.8, 4) is 11.3 Å². The molecule has 1 N–H and O–H groups in total. The number of benzene rings is 1. The van der Waals surface area contributed by atoms with Crippen LogP contribution in [0.5, 0.6) is 0 Å². The standard InChI is InChI=1S/C28H24N6O3/c1-28(2,3)27-33-23-12-18(8-9-24(23)37-27)31-26(35)20-13-22(17-6-4-10-29-14-17)32-25-21(20)15-30-34(25)16-19-7-5-11-36-19/h4-15H,16H2,1-3H3,(H,31,35). The van der Waals surface area contributed by atoms with Crippen LogP contribution in [0.4, 0.5) is 5.69 Å². The summed E-state index contributed by atoms with van der Waals surface area (Å²) in [4.78, 5) is 27.2. The summed E-state index contributed by atoms with van der Waals surface area (Å²) in [5.41, 5.74) is 4.19. The molecule has 0 saturated heterocycles. The molecule has 0 aliphatic rings. The van der Waals surface area contributed by atoms with Crippen molar-refractivity contribution in [2.45, 2.75) is 32.7 Å². The summed E-state index contributed by atoms with van der Waals surface area (Å²) in [5.74, 6) is 1.10. The van der Waals surface area contributed by atoms with Gasteiger partial charge >= 0.3 is 0 Å². The van der Waals surface area contributed by atoms with E-state index in [4.69, 9.17) is 13.8 Å². The highest BCUT2D eigenvalue weighted by Gasteiger charge is 2.22. The van der Waals surface area contributed by atoms with Gasteiger partial charge in [-0.3, -0.25) is 9.78 Å². The van der Waals surface area contributed by atoms with E-state index in [9.17, 15) is 4.79 Å². The fourth-order valence-electron chi connectivity index (χ4n) is 4.09. The largest absolute Gasteiger partial charge is 0.467 e. The fourth-order valence-corrected chi connectivity index (χ4v) is 4.09. The average Bonchev–Trinajstić information content (AvgIpc) is 3.64. The van der Waals surface area contributed by atoms with Crippen LogP contribution in [0.2, 0.25) is 0 Å². The molecule has 0 bridgehead atoms. The number of nitrogens with one attached hydrogen (secondary N) is 1. The van der Waals surface area contributed by atoms with Gasteiger partial charge in [0.2, 0.25) is 5.89 Å². The Morgan fingerprint density at radius 3 is 2.70 bits per heavy atom. The molecule has 0 saturated carbocycles. The quantitative estimate of drug-likeness (QED) is 0.322. The zero-order chi connectivity index (χ0) is 25.6. The third-order valence-corrected chi connectivity index (χ3v) is 5.98. The molecule has 9 nitrogen and oxygen atoms in total. The van der Waals surface area contributed by atoms with Gasteiger partial charge in [-0.05, 0) is 48.5 Å². The van der Waals surface area contributed by atoms with Crippen molar-refractivity contribution in [2.75, 3.05) is 5.32 Å². The first-order valence-electron chi connectivity index (χ1n) is 11.9. The Kier molecular flexibility index (Phi) is 5.33. The summed E-state index contributed by atoms with van der Waals surface area (Å²) in [7, 11) is 0. The van der Waals surface area contributed by atoms with Gasteiger partial charge in [-0.25, -0.2) is 14.6 Å². The van der Waals surface area contributed by atoms with Gasteiger partial charge < -0.3 is 14.2 Å². The molecule has 5 aromatic heterocycles. The van der Waals surface area contributed by atoms with Crippen LogP contribution in [-0.2, 0) is 12.0 Å². The van der Waals surface area contributed by atoms with Crippen molar-refractivity contribution in [1.82, 2.24) is 24.7 Å². The van der Waals surface area contributed by atoms with Crippen LogP contribution < -0.4 is 5.32 Å². The summed E-state index contributed by atoms with van der Waals surface area (Å²) in [6.07, 6.45) is 6.69. The maximum atomic E-state index is 13.6. The number of hydrogen-bond acceptors (Lipinski definition) is 7. The number of fused-ring (bicyclic) bond motifs is 2. The molecule has 0 fully saturated rings.